The number of benzene rings is 2. The molecule has 0 radical (unpaired) electrons. The largest absolute Gasteiger partial charge is 0.368 e. The fourth-order valence-electron chi connectivity index (χ4n) is 2.12. The van der Waals surface area contributed by atoms with E-state index >= 15 is 0 Å². The van der Waals surface area contributed by atoms with Gasteiger partial charge in [0.25, 0.3) is 0 Å². The van der Waals surface area contributed by atoms with Crippen LogP contribution in [-0.2, 0) is 16.0 Å². The highest BCUT2D eigenvalue weighted by Gasteiger charge is 2.15. The second-order valence-electron chi connectivity index (χ2n) is 4.73. The van der Waals surface area contributed by atoms with Crippen LogP contribution < -0.4 is 5.73 Å². The minimum atomic E-state index is -0.699. The van der Waals surface area contributed by atoms with Crippen LogP contribution in [0.4, 0.5) is 0 Å². The molecule has 0 aromatic heterocycles. The maximum absolute atomic E-state index is 11.8. The molecule has 2 aromatic carbocycles. The van der Waals surface area contributed by atoms with E-state index in [4.69, 9.17) is 11.0 Å². The molecule has 2 amide bonds. The lowest BCUT2D eigenvalue weighted by Crippen LogP contribution is -2.35. The van der Waals surface area contributed by atoms with Crippen LogP contribution in [0.2, 0.25) is 0 Å². The van der Waals surface area contributed by atoms with Gasteiger partial charge in [-0.2, -0.15) is 5.26 Å². The fraction of sp³-hybridized carbons (Fsp3) is 0.188. The number of aryl methyl sites for hydroxylation is 1. The second-order valence-corrected chi connectivity index (χ2v) is 4.73. The SMILES string of the molecule is N#CN(CC(N)=O)C(=O)CCc1ccc2ccccc2c1. The number of primary amides is 1. The molecule has 0 aliphatic heterocycles. The number of carbonyl (C=O) groups is 2. The van der Waals surface area contributed by atoms with E-state index in [1.807, 2.05) is 42.5 Å². The van der Waals surface area contributed by atoms with Gasteiger partial charge in [-0.25, -0.2) is 4.90 Å². The van der Waals surface area contributed by atoms with Crippen molar-refractivity contribution in [1.29, 1.82) is 5.26 Å². The van der Waals surface area contributed by atoms with E-state index in [1.165, 1.54) is 0 Å². The number of rotatable bonds is 5. The summed E-state index contributed by atoms with van der Waals surface area (Å²) in [4.78, 5) is 23.4. The van der Waals surface area contributed by atoms with Crippen LogP contribution in [0, 0.1) is 11.5 Å². The van der Waals surface area contributed by atoms with E-state index in [9.17, 15) is 9.59 Å². The summed E-state index contributed by atoms with van der Waals surface area (Å²) in [7, 11) is 0. The zero-order chi connectivity index (χ0) is 15.2. The smallest absolute Gasteiger partial charge is 0.238 e. The Morgan fingerprint density at radius 2 is 1.86 bits per heavy atom. The normalized spacial score (nSPS) is 10.0. The first-order valence-corrected chi connectivity index (χ1v) is 6.56. The molecule has 0 fully saturated rings. The third-order valence-electron chi connectivity index (χ3n) is 3.18. The average Bonchev–Trinajstić information content (AvgIpc) is 2.49. The van der Waals surface area contributed by atoms with E-state index in [0.29, 0.717) is 6.42 Å². The van der Waals surface area contributed by atoms with Gasteiger partial charge in [-0.1, -0.05) is 42.5 Å². The Balaban J connectivity index is 2.02. The highest BCUT2D eigenvalue weighted by Crippen LogP contribution is 2.16. The molecule has 106 valence electrons. The zero-order valence-electron chi connectivity index (χ0n) is 11.5. The van der Waals surface area contributed by atoms with Crippen molar-refractivity contribution in [3.05, 3.63) is 48.0 Å². The summed E-state index contributed by atoms with van der Waals surface area (Å²) in [6.07, 6.45) is 2.36. The Morgan fingerprint density at radius 3 is 2.52 bits per heavy atom. The van der Waals surface area contributed by atoms with Crippen molar-refractivity contribution in [3.63, 3.8) is 0 Å². The Kier molecular flexibility index (Phi) is 4.52. The number of nitrogens with two attached hydrogens (primary N) is 1. The number of hydrogen-bond donors (Lipinski definition) is 1. The monoisotopic (exact) mass is 281 g/mol. The summed E-state index contributed by atoms with van der Waals surface area (Å²) in [5, 5.41) is 11.1. The Hall–Kier alpha value is -2.87. The van der Waals surface area contributed by atoms with Crippen LogP contribution in [0.3, 0.4) is 0 Å². The third kappa shape index (κ3) is 3.80. The van der Waals surface area contributed by atoms with Gasteiger partial charge in [-0.15, -0.1) is 0 Å². The number of nitriles is 1. The van der Waals surface area contributed by atoms with Gasteiger partial charge in [0.05, 0.1) is 0 Å². The van der Waals surface area contributed by atoms with Gasteiger partial charge in [0.1, 0.15) is 6.54 Å². The van der Waals surface area contributed by atoms with Gasteiger partial charge in [-0.3, -0.25) is 9.59 Å². The molecule has 2 aromatic rings. The van der Waals surface area contributed by atoms with Crippen LogP contribution >= 0.6 is 0 Å². The maximum atomic E-state index is 11.8. The summed E-state index contributed by atoms with van der Waals surface area (Å²) in [6, 6.07) is 13.9. The van der Waals surface area contributed by atoms with Crippen molar-refractivity contribution < 1.29 is 9.59 Å². The minimum Gasteiger partial charge on any atom is -0.368 e. The molecule has 0 saturated carbocycles. The minimum absolute atomic E-state index is 0.166. The van der Waals surface area contributed by atoms with E-state index in [2.05, 4.69) is 0 Å². The van der Waals surface area contributed by atoms with Crippen molar-refractivity contribution in [2.45, 2.75) is 12.8 Å². The van der Waals surface area contributed by atoms with Gasteiger partial charge in [0, 0.05) is 6.42 Å². The predicted octanol–water partition coefficient (Wildman–Crippen LogP) is 1.57. The first kappa shape index (κ1) is 14.5. The number of hydrogen-bond acceptors (Lipinski definition) is 3. The fourth-order valence-corrected chi connectivity index (χ4v) is 2.12. The lowest BCUT2D eigenvalue weighted by atomic mass is 10.0. The lowest BCUT2D eigenvalue weighted by Gasteiger charge is -2.11. The molecule has 2 rings (SSSR count). The van der Waals surface area contributed by atoms with Crippen molar-refractivity contribution in [2.24, 2.45) is 5.73 Å². The van der Waals surface area contributed by atoms with Crippen LogP contribution in [0.1, 0.15) is 12.0 Å². The van der Waals surface area contributed by atoms with Crippen molar-refractivity contribution in [3.8, 4) is 6.19 Å². The molecule has 5 heteroatoms. The Labute approximate surface area is 122 Å². The van der Waals surface area contributed by atoms with E-state index in [1.54, 1.807) is 6.19 Å². The molecule has 0 atom stereocenters. The summed E-state index contributed by atoms with van der Waals surface area (Å²) in [5.41, 5.74) is 6.01. The van der Waals surface area contributed by atoms with Crippen molar-refractivity contribution in [2.75, 3.05) is 6.54 Å². The van der Waals surface area contributed by atoms with Crippen LogP contribution in [0.25, 0.3) is 10.8 Å². The third-order valence-corrected chi connectivity index (χ3v) is 3.18. The van der Waals surface area contributed by atoms with Crippen molar-refractivity contribution >= 4 is 22.6 Å². The lowest BCUT2D eigenvalue weighted by molar-refractivity contribution is -0.132. The number of amides is 2. The molecule has 21 heavy (non-hydrogen) atoms. The first-order valence-electron chi connectivity index (χ1n) is 6.56. The molecular weight excluding hydrogens is 266 g/mol. The van der Waals surface area contributed by atoms with Gasteiger partial charge >= 0.3 is 0 Å². The summed E-state index contributed by atoms with van der Waals surface area (Å²) >= 11 is 0. The van der Waals surface area contributed by atoms with Crippen LogP contribution in [-0.4, -0.2) is 23.3 Å². The van der Waals surface area contributed by atoms with E-state index in [0.717, 1.165) is 21.2 Å². The molecule has 0 aliphatic rings. The number of carbonyl (C=O) groups excluding carboxylic acids is 2. The van der Waals surface area contributed by atoms with Gasteiger partial charge in [0.2, 0.25) is 11.8 Å². The van der Waals surface area contributed by atoms with Gasteiger partial charge in [-0.05, 0) is 22.8 Å². The summed E-state index contributed by atoms with van der Waals surface area (Å²) in [5.74, 6) is -1.10. The number of fused-ring (bicyclic) bond motifs is 1. The molecule has 0 saturated heterocycles. The molecule has 5 nitrogen and oxygen atoms in total. The average molecular weight is 281 g/mol. The quantitative estimate of drug-likeness (QED) is 0.666. The number of nitrogens with zero attached hydrogens (tertiary/aromatic N) is 2. The standard InChI is InChI=1S/C16H15N3O2/c17-11-19(10-15(18)20)16(21)8-6-12-5-7-13-3-1-2-4-14(13)9-12/h1-5,7,9H,6,8,10H2,(H2,18,20). The molecule has 2 N–H and O–H groups in total. The zero-order valence-corrected chi connectivity index (χ0v) is 11.5. The first-order chi connectivity index (χ1) is 10.1. The van der Waals surface area contributed by atoms with Crippen LogP contribution in [0.5, 0.6) is 0 Å². The van der Waals surface area contributed by atoms with Gasteiger partial charge < -0.3 is 5.73 Å². The topological polar surface area (TPSA) is 87.2 Å². The van der Waals surface area contributed by atoms with E-state index in [-0.39, 0.29) is 13.0 Å². The summed E-state index contributed by atoms with van der Waals surface area (Å²) < 4.78 is 0. The predicted molar refractivity (Wildman–Crippen MR) is 78.8 cm³/mol. The van der Waals surface area contributed by atoms with E-state index < -0.39 is 11.8 Å². The molecule has 0 spiro atoms. The molecule has 0 heterocycles. The molecular formula is C16H15N3O2. The highest BCUT2D eigenvalue weighted by molar-refractivity contribution is 5.85. The molecule has 0 bridgehead atoms. The van der Waals surface area contributed by atoms with Gasteiger partial charge in [0.15, 0.2) is 6.19 Å². The summed E-state index contributed by atoms with van der Waals surface area (Å²) in [6.45, 7) is -0.368. The van der Waals surface area contributed by atoms with Crippen molar-refractivity contribution in [1.82, 2.24) is 4.90 Å². The Bertz CT molecular complexity index is 719. The Morgan fingerprint density at radius 1 is 1.14 bits per heavy atom. The molecule has 0 aliphatic carbocycles. The highest BCUT2D eigenvalue weighted by atomic mass is 16.2. The molecule has 0 unspecified atom stereocenters. The van der Waals surface area contributed by atoms with Crippen LogP contribution in [0.15, 0.2) is 42.5 Å². The second kappa shape index (κ2) is 6.53. The maximum Gasteiger partial charge on any atom is 0.238 e.